The quantitative estimate of drug-likeness (QED) is 0.279. The maximum atomic E-state index is 13.0. The summed E-state index contributed by atoms with van der Waals surface area (Å²) >= 11 is 0. The second kappa shape index (κ2) is 12.5. The predicted molar refractivity (Wildman–Crippen MR) is 156 cm³/mol. The average Bonchev–Trinajstić information content (AvgIpc) is 3.42. The number of amides is 2. The number of nitrogens with one attached hydrogen (secondary N) is 3. The van der Waals surface area contributed by atoms with E-state index in [2.05, 4.69) is 30.6 Å². The molecule has 0 spiro atoms. The third kappa shape index (κ3) is 7.09. The van der Waals surface area contributed by atoms with Crippen molar-refractivity contribution >= 4 is 34.4 Å². The number of pyridine rings is 1. The van der Waals surface area contributed by atoms with E-state index < -0.39 is 0 Å². The molecule has 0 atom stereocenters. The summed E-state index contributed by atoms with van der Waals surface area (Å²) in [6.45, 7) is 1.99. The smallest absolute Gasteiger partial charge is 0.243 e. The van der Waals surface area contributed by atoms with Crippen LogP contribution in [0.1, 0.15) is 18.4 Å². The van der Waals surface area contributed by atoms with Crippen LogP contribution in [0.5, 0.6) is 0 Å². The molecule has 0 unspecified atom stereocenters. The molecular weight excluding hydrogens is 504 g/mol. The Morgan fingerprint density at radius 2 is 1.95 bits per heavy atom. The van der Waals surface area contributed by atoms with Gasteiger partial charge < -0.3 is 25.4 Å². The fourth-order valence-corrected chi connectivity index (χ4v) is 4.75. The lowest BCUT2D eigenvalue weighted by Crippen LogP contribution is -2.46. The van der Waals surface area contributed by atoms with Gasteiger partial charge in [-0.05, 0) is 56.8 Å². The third-order valence-electron chi connectivity index (χ3n) is 6.85. The highest BCUT2D eigenvalue weighted by Gasteiger charge is 2.23. The summed E-state index contributed by atoms with van der Waals surface area (Å²) in [5, 5.41) is 7.40. The summed E-state index contributed by atoms with van der Waals surface area (Å²) in [6, 6.07) is 13.8. The Kier molecular flexibility index (Phi) is 8.46. The van der Waals surface area contributed by atoms with Crippen molar-refractivity contribution in [3.8, 4) is 11.3 Å². The largest absolute Gasteiger partial charge is 0.350 e. The molecule has 2 amide bonds. The average molecular weight is 539 g/mol. The topological polar surface area (TPSA) is 119 Å². The van der Waals surface area contributed by atoms with Crippen molar-refractivity contribution < 1.29 is 9.59 Å². The van der Waals surface area contributed by atoms with Gasteiger partial charge >= 0.3 is 0 Å². The number of aromatic nitrogens is 4. The van der Waals surface area contributed by atoms with Gasteiger partial charge in [0.25, 0.3) is 0 Å². The van der Waals surface area contributed by atoms with Crippen LogP contribution in [0.2, 0.25) is 0 Å². The van der Waals surface area contributed by atoms with Gasteiger partial charge in [0.2, 0.25) is 11.8 Å². The lowest BCUT2D eigenvalue weighted by molar-refractivity contribution is -0.131. The van der Waals surface area contributed by atoms with Crippen molar-refractivity contribution in [2.75, 3.05) is 39.0 Å². The number of piperidine rings is 1. The third-order valence-corrected chi connectivity index (χ3v) is 6.85. The van der Waals surface area contributed by atoms with Crippen LogP contribution in [0.3, 0.4) is 0 Å². The molecule has 0 bridgehead atoms. The summed E-state index contributed by atoms with van der Waals surface area (Å²) in [7, 11) is 3.92. The summed E-state index contributed by atoms with van der Waals surface area (Å²) < 4.78 is 0. The van der Waals surface area contributed by atoms with E-state index in [-0.39, 0.29) is 17.9 Å². The molecule has 0 saturated carbocycles. The molecule has 1 fully saturated rings. The van der Waals surface area contributed by atoms with Crippen molar-refractivity contribution in [2.24, 2.45) is 0 Å². The fourth-order valence-electron chi connectivity index (χ4n) is 4.75. The number of hydrogen-bond donors (Lipinski definition) is 3. The van der Waals surface area contributed by atoms with Crippen molar-refractivity contribution in [3.63, 3.8) is 0 Å². The number of aromatic amines is 1. The molecule has 40 heavy (non-hydrogen) atoms. The number of nitrogens with zero attached hydrogens (tertiary/aromatic N) is 5. The van der Waals surface area contributed by atoms with Gasteiger partial charge in [0, 0.05) is 66.8 Å². The minimum Gasteiger partial charge on any atom is -0.350 e. The van der Waals surface area contributed by atoms with E-state index in [9.17, 15) is 9.59 Å². The number of likely N-dealkylation sites (N-methyl/N-ethyl adjacent to an activating group) is 1. The Morgan fingerprint density at radius 3 is 2.77 bits per heavy atom. The predicted octanol–water partition coefficient (Wildman–Crippen LogP) is 3.53. The number of anilines is 2. The monoisotopic (exact) mass is 538 g/mol. The molecule has 0 aliphatic carbocycles. The number of benzene rings is 1. The summed E-state index contributed by atoms with van der Waals surface area (Å²) in [6.07, 6.45) is 10.4. The van der Waals surface area contributed by atoms with Crippen LogP contribution < -0.4 is 10.6 Å². The second-order valence-corrected chi connectivity index (χ2v) is 10.3. The van der Waals surface area contributed by atoms with Crippen LogP contribution in [0, 0.1) is 0 Å². The second-order valence-electron chi connectivity index (χ2n) is 10.3. The SMILES string of the molecule is CN(C)C/C=C/C(=O)NC1CCN(C(=O)Cc2cccc(Nc3cc(-c4cnc5[nH]ccc5c4)ncn3)c2)CC1. The standard InChI is InChI=1S/C30H34N8O2/c1-37(2)12-4-7-28(39)36-24-9-13-38(14-10-24)29(40)16-21-5-3-6-25(15-21)35-27-18-26(33-20-34-27)23-17-22-8-11-31-30(22)32-19-23/h3-8,11,15,17-20,24H,9-10,12-14,16H2,1-2H3,(H,31,32)(H,36,39)(H,33,34,35)/b7-4+. The van der Waals surface area contributed by atoms with Gasteiger partial charge in [0.15, 0.2) is 0 Å². The van der Waals surface area contributed by atoms with Crippen LogP contribution in [0.4, 0.5) is 11.5 Å². The lowest BCUT2D eigenvalue weighted by Gasteiger charge is -2.32. The molecule has 1 aromatic carbocycles. The fraction of sp³-hybridized carbons (Fsp3) is 0.300. The number of carbonyl (C=O) groups is 2. The first-order chi connectivity index (χ1) is 19.4. The zero-order chi connectivity index (χ0) is 27.9. The minimum atomic E-state index is -0.0786. The Hall–Kier alpha value is -4.57. The lowest BCUT2D eigenvalue weighted by atomic mass is 10.0. The van der Waals surface area contributed by atoms with E-state index >= 15 is 0 Å². The Morgan fingerprint density at radius 1 is 1.10 bits per heavy atom. The molecule has 4 aromatic rings. The van der Waals surface area contributed by atoms with E-state index in [0.29, 0.717) is 25.3 Å². The van der Waals surface area contributed by atoms with Crippen LogP contribution in [0.15, 0.2) is 73.3 Å². The molecule has 1 aliphatic rings. The zero-order valence-corrected chi connectivity index (χ0v) is 22.8. The van der Waals surface area contributed by atoms with Gasteiger partial charge in [0.1, 0.15) is 17.8 Å². The molecule has 1 aliphatic heterocycles. The number of likely N-dealkylation sites (tertiary alicyclic amines) is 1. The number of hydrogen-bond acceptors (Lipinski definition) is 7. The molecule has 5 rings (SSSR count). The Labute approximate surface area is 233 Å². The number of fused-ring (bicyclic) bond motifs is 1. The molecule has 3 aromatic heterocycles. The number of carbonyl (C=O) groups excluding carboxylic acids is 2. The van der Waals surface area contributed by atoms with Crippen molar-refractivity contribution in [1.82, 2.24) is 35.1 Å². The first-order valence-corrected chi connectivity index (χ1v) is 13.4. The number of H-pyrrole nitrogens is 1. The van der Waals surface area contributed by atoms with Crippen LogP contribution in [-0.4, -0.2) is 81.3 Å². The van der Waals surface area contributed by atoms with Crippen molar-refractivity contribution in [2.45, 2.75) is 25.3 Å². The molecule has 4 heterocycles. The maximum absolute atomic E-state index is 13.0. The minimum absolute atomic E-state index is 0.0786. The molecule has 10 heteroatoms. The summed E-state index contributed by atoms with van der Waals surface area (Å²) in [5.74, 6) is 0.665. The van der Waals surface area contributed by atoms with E-state index in [1.165, 1.54) is 6.33 Å². The van der Waals surface area contributed by atoms with Gasteiger partial charge in [-0.15, -0.1) is 0 Å². The van der Waals surface area contributed by atoms with Crippen LogP contribution >= 0.6 is 0 Å². The highest BCUT2D eigenvalue weighted by atomic mass is 16.2. The van der Waals surface area contributed by atoms with Gasteiger partial charge in [0.05, 0.1) is 12.1 Å². The summed E-state index contributed by atoms with van der Waals surface area (Å²) in [5.41, 5.74) is 4.28. The first-order valence-electron chi connectivity index (χ1n) is 13.4. The van der Waals surface area contributed by atoms with E-state index in [1.54, 1.807) is 12.3 Å². The van der Waals surface area contributed by atoms with E-state index in [4.69, 9.17) is 0 Å². The van der Waals surface area contributed by atoms with Gasteiger partial charge in [-0.25, -0.2) is 15.0 Å². The van der Waals surface area contributed by atoms with Crippen LogP contribution in [0.25, 0.3) is 22.3 Å². The molecule has 1 saturated heterocycles. The first kappa shape index (κ1) is 27.0. The van der Waals surface area contributed by atoms with Gasteiger partial charge in [-0.2, -0.15) is 0 Å². The van der Waals surface area contributed by atoms with Crippen LogP contribution in [-0.2, 0) is 16.0 Å². The highest BCUT2D eigenvalue weighted by Crippen LogP contribution is 2.24. The van der Waals surface area contributed by atoms with Gasteiger partial charge in [-0.3, -0.25) is 9.59 Å². The zero-order valence-electron chi connectivity index (χ0n) is 22.8. The van der Waals surface area contributed by atoms with Crippen molar-refractivity contribution in [1.29, 1.82) is 0 Å². The summed E-state index contributed by atoms with van der Waals surface area (Å²) in [4.78, 5) is 45.4. The van der Waals surface area contributed by atoms with Crippen molar-refractivity contribution in [3.05, 3.63) is 78.9 Å². The van der Waals surface area contributed by atoms with E-state index in [1.807, 2.05) is 78.6 Å². The normalized spacial score (nSPS) is 14.2. The molecule has 10 nitrogen and oxygen atoms in total. The molecular formula is C30H34N8O2. The van der Waals surface area contributed by atoms with E-state index in [0.717, 1.165) is 52.9 Å². The molecule has 3 N–H and O–H groups in total. The Bertz CT molecular complexity index is 1500. The van der Waals surface area contributed by atoms with Gasteiger partial charge in [-0.1, -0.05) is 18.2 Å². The molecule has 0 radical (unpaired) electrons. The Balaban J connectivity index is 1.14. The highest BCUT2D eigenvalue weighted by molar-refractivity contribution is 5.87. The number of rotatable bonds is 9. The maximum Gasteiger partial charge on any atom is 0.243 e. The molecule has 206 valence electrons.